The molecule has 0 radical (unpaired) electrons. The molecule has 3 rings (SSSR count). The number of alkyl halides is 3. The molecule has 0 aromatic rings. The largest absolute Gasteiger partial charge is 0.444 e. The first-order valence-electron chi connectivity index (χ1n) is 13.3. The maximum atomic E-state index is 14.0. The van der Waals surface area contributed by atoms with Crippen LogP contribution in [0.15, 0.2) is 11.8 Å². The molecule has 0 aromatic carbocycles. The van der Waals surface area contributed by atoms with E-state index in [4.69, 9.17) is 10.5 Å². The molecule has 2 fully saturated rings. The van der Waals surface area contributed by atoms with E-state index in [-0.39, 0.29) is 12.3 Å². The van der Waals surface area contributed by atoms with E-state index < -0.39 is 83.3 Å². The van der Waals surface area contributed by atoms with Crippen molar-refractivity contribution < 1.29 is 41.9 Å². The minimum Gasteiger partial charge on any atom is -0.444 e. The molecule has 0 spiro atoms. The van der Waals surface area contributed by atoms with Crippen LogP contribution in [0.4, 0.5) is 18.0 Å². The van der Waals surface area contributed by atoms with Crippen LogP contribution in [-0.2, 0) is 23.9 Å². The third-order valence-corrected chi connectivity index (χ3v) is 7.73. The Kier molecular flexibility index (Phi) is 8.52. The number of hydrogen-bond donors (Lipinski definition) is 4. The Labute approximate surface area is 230 Å². The number of carbonyl (C=O) groups is 5. The number of halogens is 3. The number of ether oxygens (including phenoxy) is 1. The number of fused-ring (bicyclic) bond motifs is 1. The van der Waals surface area contributed by atoms with Crippen molar-refractivity contribution in [2.45, 2.75) is 90.7 Å². The predicted molar refractivity (Wildman–Crippen MR) is 136 cm³/mol. The summed E-state index contributed by atoms with van der Waals surface area (Å²) < 4.78 is 47.2. The predicted octanol–water partition coefficient (Wildman–Crippen LogP) is 1.72. The molecule has 1 aliphatic carbocycles. The van der Waals surface area contributed by atoms with Crippen LogP contribution >= 0.6 is 0 Å². The summed E-state index contributed by atoms with van der Waals surface area (Å²) in [5.41, 5.74) is 4.60. The van der Waals surface area contributed by atoms with Crippen LogP contribution in [0.5, 0.6) is 0 Å². The summed E-state index contributed by atoms with van der Waals surface area (Å²) in [6.07, 6.45) is -4.86. The highest BCUT2D eigenvalue weighted by molar-refractivity contribution is 5.97. The standard InChI is InChI=1S/C26H38F3N5O6/c1-7-13(26(27,28)29)17(33-23(39)40-24(2,3)4)22(38)34-11-14-16(25(14,5)6)18(34)21(37)32-15(19(30)35)10-12-8-9-31-20(12)36/h11-13,15-18H,7-10H2,1-6H3,(H2,30,35)(H,31,36)(H,32,37)(H,33,39)/t12-,13?,15-,16-,17?,18-/m0/s1. The average Bonchev–Trinajstić information content (AvgIpc) is 3.15. The lowest BCUT2D eigenvalue weighted by atomic mass is 9.93. The molecular weight excluding hydrogens is 535 g/mol. The first-order chi connectivity index (χ1) is 18.3. The minimum absolute atomic E-state index is 0.0588. The SMILES string of the molecule is CCC(C(NC(=O)OC(C)(C)C)C(=O)N1C=C2[C@@H]([C@H]1C(=O)N[C@@H](C[C@@H]1CCNC1=O)C(N)=O)C2(C)C)C(F)(F)F. The molecule has 5 amide bonds. The number of alkyl carbamates (subject to hydrolysis) is 1. The topological polar surface area (TPSA) is 160 Å². The normalized spacial score (nSPS) is 25.6. The van der Waals surface area contributed by atoms with Gasteiger partial charge >= 0.3 is 12.3 Å². The quantitative estimate of drug-likeness (QED) is 0.329. The van der Waals surface area contributed by atoms with Gasteiger partial charge in [0.05, 0.1) is 5.92 Å². The lowest BCUT2D eigenvalue weighted by Gasteiger charge is -2.35. The summed E-state index contributed by atoms with van der Waals surface area (Å²) in [4.78, 5) is 64.8. The van der Waals surface area contributed by atoms with Crippen molar-refractivity contribution in [1.29, 1.82) is 0 Å². The number of nitrogens with two attached hydrogens (primary N) is 1. The summed E-state index contributed by atoms with van der Waals surface area (Å²) in [5, 5.41) is 7.23. The lowest BCUT2D eigenvalue weighted by Crippen LogP contribution is -2.60. The second-order valence-corrected chi connectivity index (χ2v) is 12.1. The van der Waals surface area contributed by atoms with Gasteiger partial charge < -0.3 is 31.3 Å². The molecule has 5 N–H and O–H groups in total. The van der Waals surface area contributed by atoms with Crippen LogP contribution in [-0.4, -0.2) is 71.1 Å². The van der Waals surface area contributed by atoms with E-state index in [0.29, 0.717) is 18.5 Å². The highest BCUT2D eigenvalue weighted by Crippen LogP contribution is 2.64. The Morgan fingerprint density at radius 1 is 1.20 bits per heavy atom. The molecular formula is C26H38F3N5O6. The maximum Gasteiger partial charge on any atom is 0.408 e. The molecule has 1 saturated carbocycles. The summed E-state index contributed by atoms with van der Waals surface area (Å²) >= 11 is 0. The molecule has 0 bridgehead atoms. The molecule has 1 saturated heterocycles. The number of nitrogens with zero attached hydrogens (tertiary/aromatic N) is 1. The zero-order valence-electron chi connectivity index (χ0n) is 23.5. The lowest BCUT2D eigenvalue weighted by molar-refractivity contribution is -0.187. The van der Waals surface area contributed by atoms with Gasteiger partial charge in [-0.2, -0.15) is 13.2 Å². The van der Waals surface area contributed by atoms with Gasteiger partial charge in [0.2, 0.25) is 17.7 Å². The molecule has 40 heavy (non-hydrogen) atoms. The number of rotatable bonds is 9. The third-order valence-electron chi connectivity index (χ3n) is 7.73. The number of nitrogens with one attached hydrogen (secondary N) is 3. The van der Waals surface area contributed by atoms with Gasteiger partial charge in [0.25, 0.3) is 5.91 Å². The van der Waals surface area contributed by atoms with Gasteiger partial charge in [-0.05, 0) is 51.0 Å². The summed E-state index contributed by atoms with van der Waals surface area (Å²) in [7, 11) is 0. The molecule has 2 unspecified atom stereocenters. The molecule has 2 aliphatic heterocycles. The second-order valence-electron chi connectivity index (χ2n) is 12.1. The number of hydrogen-bond acceptors (Lipinski definition) is 6. The summed E-state index contributed by atoms with van der Waals surface area (Å²) in [6, 6.07) is -4.61. The molecule has 2 heterocycles. The Hall–Kier alpha value is -3.32. The van der Waals surface area contributed by atoms with Gasteiger partial charge in [-0.3, -0.25) is 19.2 Å². The van der Waals surface area contributed by atoms with Crippen molar-refractivity contribution in [1.82, 2.24) is 20.9 Å². The van der Waals surface area contributed by atoms with E-state index in [2.05, 4.69) is 16.0 Å². The molecule has 224 valence electrons. The minimum atomic E-state index is -4.85. The van der Waals surface area contributed by atoms with Crippen molar-refractivity contribution in [3.8, 4) is 0 Å². The van der Waals surface area contributed by atoms with E-state index in [1.165, 1.54) is 33.9 Å². The number of carbonyl (C=O) groups excluding carboxylic acids is 5. The Balaban J connectivity index is 1.90. The van der Waals surface area contributed by atoms with Gasteiger partial charge in [0, 0.05) is 24.6 Å². The molecule has 3 aliphatic rings. The smallest absolute Gasteiger partial charge is 0.408 e. The molecule has 14 heteroatoms. The zero-order chi connectivity index (χ0) is 30.4. The van der Waals surface area contributed by atoms with Gasteiger partial charge in [-0.25, -0.2) is 4.79 Å². The number of primary amides is 1. The van der Waals surface area contributed by atoms with E-state index in [0.717, 1.165) is 4.90 Å². The van der Waals surface area contributed by atoms with Gasteiger partial charge in [0.15, 0.2) is 0 Å². The molecule has 11 nitrogen and oxygen atoms in total. The summed E-state index contributed by atoms with van der Waals surface area (Å²) in [5.74, 6) is -6.44. The van der Waals surface area contributed by atoms with Crippen LogP contribution < -0.4 is 21.7 Å². The van der Waals surface area contributed by atoms with E-state index in [1.54, 1.807) is 0 Å². The Bertz CT molecular complexity index is 1100. The van der Waals surface area contributed by atoms with Crippen molar-refractivity contribution in [2.75, 3.05) is 6.54 Å². The summed E-state index contributed by atoms with van der Waals surface area (Å²) in [6.45, 7) is 9.86. The van der Waals surface area contributed by atoms with Crippen LogP contribution in [0.3, 0.4) is 0 Å². The van der Waals surface area contributed by atoms with Crippen molar-refractivity contribution in [3.05, 3.63) is 11.8 Å². The molecule has 0 aromatic heterocycles. The van der Waals surface area contributed by atoms with Crippen molar-refractivity contribution >= 4 is 29.7 Å². The van der Waals surface area contributed by atoms with Gasteiger partial charge in [0.1, 0.15) is 23.7 Å². The van der Waals surface area contributed by atoms with Crippen LogP contribution in [0.1, 0.15) is 60.8 Å². The fourth-order valence-corrected chi connectivity index (χ4v) is 5.54. The average molecular weight is 574 g/mol. The fraction of sp³-hybridized carbons (Fsp3) is 0.731. The highest BCUT2D eigenvalue weighted by atomic mass is 19.4. The van der Waals surface area contributed by atoms with Gasteiger partial charge in [-0.1, -0.05) is 20.8 Å². The maximum absolute atomic E-state index is 14.0. The number of amides is 5. The third kappa shape index (κ3) is 6.52. The fourth-order valence-electron chi connectivity index (χ4n) is 5.54. The monoisotopic (exact) mass is 573 g/mol. The zero-order valence-corrected chi connectivity index (χ0v) is 23.5. The van der Waals surface area contributed by atoms with Crippen LogP contribution in [0, 0.1) is 23.2 Å². The van der Waals surface area contributed by atoms with Crippen molar-refractivity contribution in [3.63, 3.8) is 0 Å². The van der Waals surface area contributed by atoms with Gasteiger partial charge in [-0.15, -0.1) is 0 Å². The first-order valence-corrected chi connectivity index (χ1v) is 13.3. The molecule has 6 atom stereocenters. The van der Waals surface area contributed by atoms with Crippen LogP contribution in [0.25, 0.3) is 0 Å². The van der Waals surface area contributed by atoms with E-state index >= 15 is 0 Å². The second kappa shape index (κ2) is 10.9. The van der Waals surface area contributed by atoms with Crippen molar-refractivity contribution in [2.24, 2.45) is 28.9 Å². The van der Waals surface area contributed by atoms with Crippen LogP contribution in [0.2, 0.25) is 0 Å². The first kappa shape index (κ1) is 31.2. The highest BCUT2D eigenvalue weighted by Gasteiger charge is 2.65. The van der Waals surface area contributed by atoms with E-state index in [1.807, 2.05) is 13.8 Å². The Morgan fingerprint density at radius 2 is 1.82 bits per heavy atom. The Morgan fingerprint density at radius 3 is 2.30 bits per heavy atom. The van der Waals surface area contributed by atoms with E-state index in [9.17, 15) is 37.1 Å².